The third-order valence-corrected chi connectivity index (χ3v) is 5.71. The fourth-order valence-electron chi connectivity index (χ4n) is 3.35. The minimum Gasteiger partial charge on any atom is -0.382 e. The second kappa shape index (κ2) is 8.99. The highest BCUT2D eigenvalue weighted by molar-refractivity contribution is 6.31. The normalized spacial score (nSPS) is 16.8. The Morgan fingerprint density at radius 1 is 1.14 bits per heavy atom. The van der Waals surface area contributed by atoms with Gasteiger partial charge in [0.15, 0.2) is 11.6 Å². The van der Waals surface area contributed by atoms with E-state index in [0.717, 1.165) is 5.56 Å². The quantitative estimate of drug-likeness (QED) is 0.566. The Labute approximate surface area is 174 Å². The molecule has 3 rings (SSSR count). The summed E-state index contributed by atoms with van der Waals surface area (Å²) in [5.41, 5.74) is 0.328. The Hall–Kier alpha value is -2.34. The average Bonchev–Trinajstić information content (AvgIpc) is 2.71. The predicted octanol–water partition coefficient (Wildman–Crippen LogP) is 4.24. The molecule has 1 N–H and O–H groups in total. The molecule has 2 aromatic rings. The molecule has 1 heterocycles. The number of Topliss-reactive ketones (excluding diaryl/α,β-unsaturated/α-hetero) is 1. The summed E-state index contributed by atoms with van der Waals surface area (Å²) in [6, 6.07) is 10.5. The second-order valence-electron chi connectivity index (χ2n) is 7.40. The predicted molar refractivity (Wildman–Crippen MR) is 111 cm³/mol. The van der Waals surface area contributed by atoms with Crippen LogP contribution in [0.25, 0.3) is 0 Å². The smallest absolute Gasteiger partial charge is 0.194 e. The minimum atomic E-state index is -1.40. The van der Waals surface area contributed by atoms with Gasteiger partial charge in [-0.1, -0.05) is 29.8 Å². The van der Waals surface area contributed by atoms with E-state index in [1.54, 1.807) is 24.3 Å². The maximum Gasteiger partial charge on any atom is 0.194 e. The number of halogens is 2. The van der Waals surface area contributed by atoms with E-state index in [1.165, 1.54) is 30.3 Å². The third kappa shape index (κ3) is 5.18. The molecule has 1 fully saturated rings. The molecule has 0 amide bonds. The van der Waals surface area contributed by atoms with Crippen molar-refractivity contribution in [3.05, 3.63) is 82.1 Å². The Bertz CT molecular complexity index is 932. The number of piperidine rings is 1. The van der Waals surface area contributed by atoms with Crippen LogP contribution in [0.4, 0.5) is 4.39 Å². The molecule has 4 nitrogen and oxygen atoms in total. The van der Waals surface area contributed by atoms with Crippen LogP contribution >= 0.6 is 11.6 Å². The van der Waals surface area contributed by atoms with Crippen LogP contribution in [0.5, 0.6) is 0 Å². The molecule has 152 valence electrons. The number of hydrogen-bond acceptors (Lipinski definition) is 4. The SMILES string of the molecule is Cc1ccc(C(=O)C2(O)CCN(C/C=C/C(=O)c3ccc(F)cc3)CC2)cc1Cl. The summed E-state index contributed by atoms with van der Waals surface area (Å²) in [6.07, 6.45) is 3.85. The van der Waals surface area contributed by atoms with Crippen LogP contribution in [-0.2, 0) is 0 Å². The molecule has 1 saturated heterocycles. The highest BCUT2D eigenvalue weighted by atomic mass is 35.5. The number of likely N-dealkylation sites (tertiary alicyclic amines) is 1. The highest BCUT2D eigenvalue weighted by Crippen LogP contribution is 2.28. The number of nitrogens with zero attached hydrogens (tertiary/aromatic N) is 1. The zero-order chi connectivity index (χ0) is 21.0. The first kappa shape index (κ1) is 21.4. The summed E-state index contributed by atoms with van der Waals surface area (Å²) in [6.45, 7) is 3.47. The number of allylic oxidation sites excluding steroid dienone is 1. The van der Waals surface area contributed by atoms with E-state index in [1.807, 2.05) is 6.92 Å². The Balaban J connectivity index is 1.54. The molecule has 0 radical (unpaired) electrons. The molecular weight excluding hydrogens is 393 g/mol. The van der Waals surface area contributed by atoms with Gasteiger partial charge in [0.05, 0.1) is 0 Å². The maximum absolute atomic E-state index is 12.9. The van der Waals surface area contributed by atoms with Gasteiger partial charge in [0.2, 0.25) is 0 Å². The summed E-state index contributed by atoms with van der Waals surface area (Å²) < 4.78 is 12.9. The molecule has 0 spiro atoms. The lowest BCUT2D eigenvalue weighted by Gasteiger charge is -2.36. The zero-order valence-corrected chi connectivity index (χ0v) is 17.0. The summed E-state index contributed by atoms with van der Waals surface area (Å²) >= 11 is 6.10. The van der Waals surface area contributed by atoms with E-state index in [4.69, 9.17) is 11.6 Å². The van der Waals surface area contributed by atoms with Gasteiger partial charge in [0, 0.05) is 35.8 Å². The van der Waals surface area contributed by atoms with E-state index < -0.39 is 5.60 Å². The second-order valence-corrected chi connectivity index (χ2v) is 7.81. The Morgan fingerprint density at radius 3 is 2.38 bits per heavy atom. The van der Waals surface area contributed by atoms with Crippen LogP contribution in [0.15, 0.2) is 54.6 Å². The van der Waals surface area contributed by atoms with Gasteiger partial charge in [0.25, 0.3) is 0 Å². The van der Waals surface area contributed by atoms with Crippen molar-refractivity contribution in [2.45, 2.75) is 25.4 Å². The van der Waals surface area contributed by atoms with E-state index in [0.29, 0.717) is 48.6 Å². The summed E-state index contributed by atoms with van der Waals surface area (Å²) in [5, 5.41) is 11.3. The lowest BCUT2D eigenvalue weighted by Crippen LogP contribution is -2.49. The van der Waals surface area contributed by atoms with Crippen LogP contribution in [0.1, 0.15) is 39.1 Å². The van der Waals surface area contributed by atoms with Crippen LogP contribution in [0.2, 0.25) is 5.02 Å². The van der Waals surface area contributed by atoms with Gasteiger partial charge in [-0.2, -0.15) is 0 Å². The number of hydrogen-bond donors (Lipinski definition) is 1. The van der Waals surface area contributed by atoms with Gasteiger partial charge in [-0.25, -0.2) is 4.39 Å². The van der Waals surface area contributed by atoms with E-state index in [-0.39, 0.29) is 17.4 Å². The molecule has 29 heavy (non-hydrogen) atoms. The van der Waals surface area contributed by atoms with Gasteiger partial charge < -0.3 is 5.11 Å². The first-order valence-electron chi connectivity index (χ1n) is 9.51. The Kier molecular flexibility index (Phi) is 6.63. The molecule has 1 aliphatic rings. The van der Waals surface area contributed by atoms with Crippen molar-refractivity contribution in [2.75, 3.05) is 19.6 Å². The molecule has 0 unspecified atom stereocenters. The number of carbonyl (C=O) groups is 2. The zero-order valence-electron chi connectivity index (χ0n) is 16.2. The van der Waals surface area contributed by atoms with Crippen molar-refractivity contribution >= 4 is 23.2 Å². The standard InChI is InChI=1S/C23H23ClFNO3/c1-16-4-5-18(15-20(16)24)22(28)23(29)10-13-26(14-11-23)12-2-3-21(27)17-6-8-19(25)9-7-17/h2-9,15,29H,10-14H2,1H3/b3-2+. The van der Waals surface area contributed by atoms with Crippen molar-refractivity contribution in [1.29, 1.82) is 0 Å². The van der Waals surface area contributed by atoms with Gasteiger partial charge in [-0.3, -0.25) is 14.5 Å². The van der Waals surface area contributed by atoms with Crippen molar-refractivity contribution in [3.63, 3.8) is 0 Å². The number of rotatable bonds is 6. The molecule has 0 bridgehead atoms. The van der Waals surface area contributed by atoms with Crippen LogP contribution < -0.4 is 0 Å². The van der Waals surface area contributed by atoms with Crippen molar-refractivity contribution in [1.82, 2.24) is 4.90 Å². The molecule has 0 aromatic heterocycles. The van der Waals surface area contributed by atoms with Gasteiger partial charge in [-0.15, -0.1) is 0 Å². The highest BCUT2D eigenvalue weighted by Gasteiger charge is 2.39. The molecule has 0 aliphatic carbocycles. The number of aliphatic hydroxyl groups is 1. The number of carbonyl (C=O) groups excluding carboxylic acids is 2. The summed E-state index contributed by atoms with van der Waals surface area (Å²) in [5.74, 6) is -0.875. The van der Waals surface area contributed by atoms with Crippen molar-refractivity contribution in [3.8, 4) is 0 Å². The largest absolute Gasteiger partial charge is 0.382 e. The molecule has 0 atom stereocenters. The fraction of sp³-hybridized carbons (Fsp3) is 0.304. The van der Waals surface area contributed by atoms with Crippen molar-refractivity contribution < 1.29 is 19.1 Å². The number of aryl methyl sites for hydroxylation is 1. The molecule has 0 saturated carbocycles. The van der Waals surface area contributed by atoms with Crippen LogP contribution in [0, 0.1) is 12.7 Å². The third-order valence-electron chi connectivity index (χ3n) is 5.30. The molecule has 1 aliphatic heterocycles. The van der Waals surface area contributed by atoms with E-state index in [2.05, 4.69) is 4.90 Å². The number of ketones is 2. The molecular formula is C23H23ClFNO3. The van der Waals surface area contributed by atoms with Crippen LogP contribution in [0.3, 0.4) is 0 Å². The van der Waals surface area contributed by atoms with E-state index in [9.17, 15) is 19.1 Å². The molecule has 2 aromatic carbocycles. The molecule has 6 heteroatoms. The first-order chi connectivity index (χ1) is 13.8. The summed E-state index contributed by atoms with van der Waals surface area (Å²) in [7, 11) is 0. The van der Waals surface area contributed by atoms with Crippen molar-refractivity contribution in [2.24, 2.45) is 0 Å². The van der Waals surface area contributed by atoms with Gasteiger partial charge in [0.1, 0.15) is 11.4 Å². The monoisotopic (exact) mass is 415 g/mol. The minimum absolute atomic E-state index is 0.190. The lowest BCUT2D eigenvalue weighted by molar-refractivity contribution is -0.00436. The Morgan fingerprint density at radius 2 is 1.76 bits per heavy atom. The maximum atomic E-state index is 12.9. The lowest BCUT2D eigenvalue weighted by atomic mass is 9.84. The topological polar surface area (TPSA) is 57.6 Å². The first-order valence-corrected chi connectivity index (χ1v) is 9.88. The van der Waals surface area contributed by atoms with E-state index >= 15 is 0 Å². The van der Waals surface area contributed by atoms with Gasteiger partial charge >= 0.3 is 0 Å². The number of benzene rings is 2. The van der Waals surface area contributed by atoms with Gasteiger partial charge in [-0.05, 0) is 61.7 Å². The fourth-order valence-corrected chi connectivity index (χ4v) is 3.54. The van der Waals surface area contributed by atoms with Crippen LogP contribution in [-0.4, -0.2) is 46.8 Å². The summed E-state index contributed by atoms with van der Waals surface area (Å²) in [4.78, 5) is 26.9. The average molecular weight is 416 g/mol.